The zero-order chi connectivity index (χ0) is 21.5. The largest absolute Gasteiger partial charge is 0.493 e. The van der Waals surface area contributed by atoms with Crippen molar-refractivity contribution >= 4 is 17.5 Å². The summed E-state index contributed by atoms with van der Waals surface area (Å²) in [6, 6.07) is 13.4. The molecule has 0 spiro atoms. The van der Waals surface area contributed by atoms with Gasteiger partial charge in [-0.1, -0.05) is 18.2 Å². The van der Waals surface area contributed by atoms with Gasteiger partial charge in [0.15, 0.2) is 11.5 Å². The van der Waals surface area contributed by atoms with Gasteiger partial charge in [0.1, 0.15) is 0 Å². The zero-order valence-corrected chi connectivity index (χ0v) is 17.8. The molecule has 0 atom stereocenters. The van der Waals surface area contributed by atoms with Gasteiger partial charge in [-0.05, 0) is 35.4 Å². The van der Waals surface area contributed by atoms with Crippen LogP contribution in [0, 0.1) is 0 Å². The molecule has 30 heavy (non-hydrogen) atoms. The smallest absolute Gasteiger partial charge is 0.227 e. The molecule has 1 fully saturated rings. The predicted molar refractivity (Wildman–Crippen MR) is 116 cm³/mol. The Balaban J connectivity index is 1.49. The summed E-state index contributed by atoms with van der Waals surface area (Å²) in [6.45, 7) is 5.39. The highest BCUT2D eigenvalue weighted by atomic mass is 16.5. The van der Waals surface area contributed by atoms with Crippen LogP contribution in [0.25, 0.3) is 0 Å². The van der Waals surface area contributed by atoms with Crippen LogP contribution in [0.15, 0.2) is 42.5 Å². The number of piperazine rings is 1. The van der Waals surface area contributed by atoms with Crippen LogP contribution in [0.3, 0.4) is 0 Å². The van der Waals surface area contributed by atoms with Crippen LogP contribution < -0.4 is 14.8 Å². The second kappa shape index (κ2) is 10.1. The lowest BCUT2D eigenvalue weighted by molar-refractivity contribution is -0.132. The number of amides is 2. The second-order valence-corrected chi connectivity index (χ2v) is 7.40. The molecule has 2 aromatic rings. The van der Waals surface area contributed by atoms with Crippen LogP contribution in [0.5, 0.6) is 11.5 Å². The third-order valence-electron chi connectivity index (χ3n) is 5.21. The standard InChI is InChI=1S/C23H29N3O4/c1-17(27)24-20-7-4-18(5-8-20)15-23(28)26-12-10-25(11-13-26)16-19-6-9-21(29-2)22(14-19)30-3/h4-9,14H,10-13,15-16H2,1-3H3,(H,24,27). The first-order valence-electron chi connectivity index (χ1n) is 10.1. The highest BCUT2D eigenvalue weighted by molar-refractivity contribution is 5.88. The van der Waals surface area contributed by atoms with Crippen molar-refractivity contribution in [1.29, 1.82) is 0 Å². The minimum atomic E-state index is -0.107. The van der Waals surface area contributed by atoms with Crippen molar-refractivity contribution in [3.8, 4) is 11.5 Å². The van der Waals surface area contributed by atoms with Crippen molar-refractivity contribution in [2.45, 2.75) is 19.9 Å². The average Bonchev–Trinajstić information content (AvgIpc) is 2.75. The second-order valence-electron chi connectivity index (χ2n) is 7.40. The summed E-state index contributed by atoms with van der Waals surface area (Å²) in [4.78, 5) is 28.0. The Hall–Kier alpha value is -3.06. The third kappa shape index (κ3) is 5.73. The van der Waals surface area contributed by atoms with Crippen LogP contribution in [0.2, 0.25) is 0 Å². The molecule has 0 radical (unpaired) electrons. The van der Waals surface area contributed by atoms with E-state index in [-0.39, 0.29) is 11.8 Å². The van der Waals surface area contributed by atoms with Crippen LogP contribution in [-0.4, -0.2) is 62.0 Å². The fraction of sp³-hybridized carbons (Fsp3) is 0.391. The maximum atomic E-state index is 12.7. The fourth-order valence-corrected chi connectivity index (χ4v) is 3.59. The SMILES string of the molecule is COc1ccc(CN2CCN(C(=O)Cc3ccc(NC(C)=O)cc3)CC2)cc1OC. The molecule has 1 aliphatic heterocycles. The lowest BCUT2D eigenvalue weighted by Gasteiger charge is -2.35. The Morgan fingerprint density at radius 3 is 2.13 bits per heavy atom. The molecule has 7 nitrogen and oxygen atoms in total. The molecule has 160 valence electrons. The Morgan fingerprint density at radius 1 is 0.900 bits per heavy atom. The molecule has 1 heterocycles. The first kappa shape index (κ1) is 21.6. The number of carbonyl (C=O) groups excluding carboxylic acids is 2. The minimum absolute atomic E-state index is 0.107. The zero-order valence-electron chi connectivity index (χ0n) is 17.8. The first-order chi connectivity index (χ1) is 14.5. The monoisotopic (exact) mass is 411 g/mol. The topological polar surface area (TPSA) is 71.1 Å². The van der Waals surface area contributed by atoms with E-state index in [0.29, 0.717) is 6.42 Å². The molecule has 0 aliphatic carbocycles. The fourth-order valence-electron chi connectivity index (χ4n) is 3.59. The number of anilines is 1. The van der Waals surface area contributed by atoms with E-state index in [0.717, 1.165) is 61.0 Å². The molecule has 1 saturated heterocycles. The van der Waals surface area contributed by atoms with Crippen LogP contribution in [0.1, 0.15) is 18.1 Å². The van der Waals surface area contributed by atoms with Gasteiger partial charge < -0.3 is 19.7 Å². The van der Waals surface area contributed by atoms with E-state index in [9.17, 15) is 9.59 Å². The van der Waals surface area contributed by atoms with Crippen LogP contribution >= 0.6 is 0 Å². The quantitative estimate of drug-likeness (QED) is 0.758. The van der Waals surface area contributed by atoms with E-state index in [1.54, 1.807) is 14.2 Å². The molecular weight excluding hydrogens is 382 g/mol. The number of rotatable bonds is 7. The molecule has 2 aromatic carbocycles. The number of benzene rings is 2. The number of carbonyl (C=O) groups is 2. The number of hydrogen-bond donors (Lipinski definition) is 1. The summed E-state index contributed by atoms with van der Waals surface area (Å²) in [6.07, 6.45) is 0.371. The van der Waals surface area contributed by atoms with Gasteiger partial charge in [-0.2, -0.15) is 0 Å². The van der Waals surface area contributed by atoms with Crippen molar-refractivity contribution in [1.82, 2.24) is 9.80 Å². The van der Waals surface area contributed by atoms with E-state index in [4.69, 9.17) is 9.47 Å². The normalized spacial score (nSPS) is 14.3. The maximum Gasteiger partial charge on any atom is 0.227 e. The summed E-state index contributed by atoms with van der Waals surface area (Å²) in [5.41, 5.74) is 2.84. The van der Waals surface area contributed by atoms with E-state index >= 15 is 0 Å². The van der Waals surface area contributed by atoms with E-state index in [2.05, 4.69) is 10.2 Å². The maximum absolute atomic E-state index is 12.7. The van der Waals surface area contributed by atoms with Gasteiger partial charge in [0.2, 0.25) is 11.8 Å². The van der Waals surface area contributed by atoms with Gasteiger partial charge in [0, 0.05) is 45.3 Å². The summed E-state index contributed by atoms with van der Waals surface area (Å²) in [5, 5.41) is 2.73. The summed E-state index contributed by atoms with van der Waals surface area (Å²) < 4.78 is 10.7. The lowest BCUT2D eigenvalue weighted by atomic mass is 10.1. The third-order valence-corrected chi connectivity index (χ3v) is 5.21. The molecular formula is C23H29N3O4. The number of ether oxygens (including phenoxy) is 2. The van der Waals surface area contributed by atoms with Crippen LogP contribution in [-0.2, 0) is 22.6 Å². The molecule has 2 amide bonds. The van der Waals surface area contributed by atoms with Crippen molar-refractivity contribution in [2.75, 3.05) is 45.7 Å². The van der Waals surface area contributed by atoms with Gasteiger partial charge >= 0.3 is 0 Å². The molecule has 3 rings (SSSR count). The van der Waals surface area contributed by atoms with Gasteiger partial charge in [-0.25, -0.2) is 0 Å². The molecule has 0 saturated carbocycles. The Bertz CT molecular complexity index is 875. The first-order valence-corrected chi connectivity index (χ1v) is 10.1. The van der Waals surface area contributed by atoms with E-state index < -0.39 is 0 Å². The number of nitrogens with one attached hydrogen (secondary N) is 1. The van der Waals surface area contributed by atoms with Crippen LogP contribution in [0.4, 0.5) is 5.69 Å². The van der Waals surface area contributed by atoms with Crippen molar-refractivity contribution in [2.24, 2.45) is 0 Å². The summed E-state index contributed by atoms with van der Waals surface area (Å²) in [7, 11) is 3.27. The van der Waals surface area contributed by atoms with Gasteiger partial charge in [0.05, 0.1) is 20.6 Å². The van der Waals surface area contributed by atoms with Crippen molar-refractivity contribution in [3.05, 3.63) is 53.6 Å². The Morgan fingerprint density at radius 2 is 1.53 bits per heavy atom. The average molecular weight is 412 g/mol. The molecule has 1 aliphatic rings. The molecule has 0 unspecified atom stereocenters. The predicted octanol–water partition coefficient (Wildman–Crippen LogP) is 2.55. The number of nitrogens with zero attached hydrogens (tertiary/aromatic N) is 2. The molecule has 7 heteroatoms. The van der Waals surface area contributed by atoms with Gasteiger partial charge in [0.25, 0.3) is 0 Å². The van der Waals surface area contributed by atoms with Gasteiger partial charge in [-0.3, -0.25) is 14.5 Å². The summed E-state index contributed by atoms with van der Waals surface area (Å²) in [5.74, 6) is 1.48. The highest BCUT2D eigenvalue weighted by Gasteiger charge is 2.21. The number of methoxy groups -OCH3 is 2. The molecule has 0 aromatic heterocycles. The van der Waals surface area contributed by atoms with E-state index in [1.807, 2.05) is 47.4 Å². The number of hydrogen-bond acceptors (Lipinski definition) is 5. The van der Waals surface area contributed by atoms with E-state index in [1.165, 1.54) is 6.92 Å². The highest BCUT2D eigenvalue weighted by Crippen LogP contribution is 2.28. The summed E-state index contributed by atoms with van der Waals surface area (Å²) >= 11 is 0. The van der Waals surface area contributed by atoms with Gasteiger partial charge in [-0.15, -0.1) is 0 Å². The Labute approximate surface area is 177 Å². The lowest BCUT2D eigenvalue weighted by Crippen LogP contribution is -2.48. The van der Waals surface area contributed by atoms with Crippen molar-refractivity contribution < 1.29 is 19.1 Å². The minimum Gasteiger partial charge on any atom is -0.493 e. The molecule has 0 bridgehead atoms. The van der Waals surface area contributed by atoms with Crippen molar-refractivity contribution in [3.63, 3.8) is 0 Å². The Kier molecular flexibility index (Phi) is 7.30. The molecule has 1 N–H and O–H groups in total.